The van der Waals surface area contributed by atoms with Crippen molar-refractivity contribution in [3.05, 3.63) is 103 Å². The van der Waals surface area contributed by atoms with E-state index in [9.17, 15) is 5.02 Å². The van der Waals surface area contributed by atoms with E-state index in [1.54, 1.807) is 0 Å². The third-order valence-corrected chi connectivity index (χ3v) is 4.60. The minimum atomic E-state index is 0.818. The fraction of sp³-hybridized carbons (Fsp3) is 0. The fourth-order valence-corrected chi connectivity index (χ4v) is 3.22. The van der Waals surface area contributed by atoms with Crippen LogP contribution >= 0.6 is 0 Å². The normalized spacial score (nSPS) is 10.5. The Hall–Kier alpha value is -3.10. The third-order valence-electron chi connectivity index (χ3n) is 4.60. The molecule has 0 aromatic heterocycles. The minimum absolute atomic E-state index is 0.818. The van der Waals surface area contributed by atoms with E-state index in [0.29, 0.717) is 0 Å². The summed E-state index contributed by atoms with van der Waals surface area (Å²) in [6.45, 7) is 0. The zero-order valence-corrected chi connectivity index (χ0v) is 14.3. The average Bonchev–Trinajstić information content (AvgIpc) is 2.75. The zero-order valence-electron chi connectivity index (χ0n) is 14.3. The largest absolute Gasteiger partial charge is 0.450 e. The van der Waals surface area contributed by atoms with Crippen LogP contribution in [0.3, 0.4) is 0 Å². The minimum Gasteiger partial charge on any atom is -0.450 e. The van der Waals surface area contributed by atoms with Crippen molar-refractivity contribution in [2.75, 3.05) is 0 Å². The van der Waals surface area contributed by atoms with Crippen molar-refractivity contribution in [3.8, 4) is 33.4 Å². The summed E-state index contributed by atoms with van der Waals surface area (Å²) in [6, 6.07) is 35.2. The molecule has 0 aliphatic heterocycles. The van der Waals surface area contributed by atoms with Gasteiger partial charge in [-0.25, -0.2) is 0 Å². The van der Waals surface area contributed by atoms with Crippen LogP contribution in [0.15, 0.2) is 103 Å². The van der Waals surface area contributed by atoms with Gasteiger partial charge in [-0.2, -0.15) is 0 Å². The zero-order chi connectivity index (χ0) is 17.8. The molecule has 0 fully saturated rings. The van der Waals surface area contributed by atoms with Gasteiger partial charge in [-0.05, 0) is 38.8 Å². The Morgan fingerprint density at radius 3 is 1.50 bits per heavy atom. The van der Waals surface area contributed by atoms with Crippen molar-refractivity contribution in [1.29, 1.82) is 0 Å². The summed E-state index contributed by atoms with van der Waals surface area (Å²) in [4.78, 5) is 0. The summed E-state index contributed by atoms with van der Waals surface area (Å²) < 4.78 is 0. The first kappa shape index (κ1) is 16.4. The summed E-state index contributed by atoms with van der Waals surface area (Å²) in [5.74, 6) is 0. The maximum absolute atomic E-state index is 9.76. The van der Waals surface area contributed by atoms with Gasteiger partial charge in [-0.3, -0.25) is 0 Å². The number of benzene rings is 4. The van der Waals surface area contributed by atoms with Crippen LogP contribution in [-0.2, 0) is 0 Å². The maximum Gasteiger partial charge on any atom is 0.327 e. The van der Waals surface area contributed by atoms with Crippen molar-refractivity contribution in [2.24, 2.45) is 0 Å². The van der Waals surface area contributed by atoms with Gasteiger partial charge in [-0.1, -0.05) is 103 Å². The molecule has 4 aromatic rings. The van der Waals surface area contributed by atoms with Gasteiger partial charge in [0.25, 0.3) is 0 Å². The van der Waals surface area contributed by atoms with Crippen LogP contribution in [-0.4, -0.2) is 12.5 Å². The van der Waals surface area contributed by atoms with E-state index < -0.39 is 0 Å². The number of hydrogen-bond donors (Lipinski definition) is 1. The molecule has 0 atom stereocenters. The Balaban J connectivity index is 1.69. The van der Waals surface area contributed by atoms with E-state index in [2.05, 4.69) is 60.7 Å². The number of rotatable bonds is 4. The Morgan fingerprint density at radius 1 is 0.462 bits per heavy atom. The van der Waals surface area contributed by atoms with Gasteiger partial charge >= 0.3 is 7.48 Å². The second-order valence-electron chi connectivity index (χ2n) is 6.24. The molecule has 0 aliphatic carbocycles. The third kappa shape index (κ3) is 3.33. The van der Waals surface area contributed by atoms with Crippen LogP contribution in [0.2, 0.25) is 0 Å². The lowest BCUT2D eigenvalue weighted by molar-refractivity contribution is 0.615. The van der Waals surface area contributed by atoms with Crippen molar-refractivity contribution in [3.63, 3.8) is 0 Å². The molecule has 1 radical (unpaired) electrons. The Labute approximate surface area is 154 Å². The van der Waals surface area contributed by atoms with Crippen LogP contribution in [0.25, 0.3) is 33.4 Å². The van der Waals surface area contributed by atoms with Gasteiger partial charge in [0, 0.05) is 0 Å². The lowest BCUT2D eigenvalue weighted by Gasteiger charge is -2.11. The summed E-state index contributed by atoms with van der Waals surface area (Å²) in [5.41, 5.74) is 7.55. The van der Waals surface area contributed by atoms with Gasteiger partial charge in [0.05, 0.1) is 0 Å². The van der Waals surface area contributed by atoms with Crippen LogP contribution in [0, 0.1) is 0 Å². The van der Waals surface area contributed by atoms with Crippen LogP contribution in [0.4, 0.5) is 0 Å². The first-order valence-corrected chi connectivity index (χ1v) is 8.68. The number of hydrogen-bond acceptors (Lipinski definition) is 1. The predicted molar refractivity (Wildman–Crippen MR) is 110 cm³/mol. The van der Waals surface area contributed by atoms with Crippen LogP contribution < -0.4 is 5.46 Å². The molecule has 0 aliphatic rings. The van der Waals surface area contributed by atoms with Crippen molar-refractivity contribution < 1.29 is 5.02 Å². The van der Waals surface area contributed by atoms with Gasteiger partial charge in [0.1, 0.15) is 0 Å². The molecule has 0 bridgehead atoms. The summed E-state index contributed by atoms with van der Waals surface area (Å²) >= 11 is 0. The topological polar surface area (TPSA) is 20.2 Å². The smallest absolute Gasteiger partial charge is 0.327 e. The molecule has 2 heteroatoms. The quantitative estimate of drug-likeness (QED) is 0.525. The van der Waals surface area contributed by atoms with E-state index in [0.717, 1.165) is 27.7 Å². The first-order chi connectivity index (χ1) is 12.8. The standard InChI is InChI=1S/C24H18BO/c26-25-24-17-22(19-9-5-2-6-10-19)15-16-23(24)21-13-11-20(12-14-21)18-7-3-1-4-8-18/h1-17,26H. The molecule has 0 unspecified atom stereocenters. The second kappa shape index (κ2) is 7.43. The molecule has 0 saturated carbocycles. The van der Waals surface area contributed by atoms with Crippen molar-refractivity contribution >= 4 is 12.9 Å². The van der Waals surface area contributed by atoms with E-state index >= 15 is 0 Å². The molecular formula is C24H18BO. The lowest BCUT2D eigenvalue weighted by atomic mass is 9.80. The van der Waals surface area contributed by atoms with Gasteiger partial charge < -0.3 is 5.02 Å². The second-order valence-corrected chi connectivity index (χ2v) is 6.24. The lowest BCUT2D eigenvalue weighted by Crippen LogP contribution is -2.16. The summed E-state index contributed by atoms with van der Waals surface area (Å²) in [7, 11) is 1.19. The summed E-state index contributed by atoms with van der Waals surface area (Å²) in [6.07, 6.45) is 0. The monoisotopic (exact) mass is 333 g/mol. The van der Waals surface area contributed by atoms with Crippen LogP contribution in [0.5, 0.6) is 0 Å². The molecule has 1 N–H and O–H groups in total. The van der Waals surface area contributed by atoms with E-state index in [4.69, 9.17) is 0 Å². The van der Waals surface area contributed by atoms with E-state index in [-0.39, 0.29) is 0 Å². The van der Waals surface area contributed by atoms with E-state index in [1.807, 2.05) is 42.5 Å². The SMILES string of the molecule is O[B]c1cc(-c2ccccc2)ccc1-c1ccc(-c2ccccc2)cc1. The van der Waals surface area contributed by atoms with Crippen molar-refractivity contribution in [2.45, 2.75) is 0 Å². The average molecular weight is 333 g/mol. The molecule has 0 spiro atoms. The van der Waals surface area contributed by atoms with Gasteiger partial charge in [0.15, 0.2) is 0 Å². The molecule has 4 rings (SSSR count). The fourth-order valence-electron chi connectivity index (χ4n) is 3.22. The molecule has 0 amide bonds. The molecule has 4 aromatic carbocycles. The van der Waals surface area contributed by atoms with Gasteiger partial charge in [-0.15, -0.1) is 0 Å². The van der Waals surface area contributed by atoms with Gasteiger partial charge in [0.2, 0.25) is 0 Å². The highest BCUT2D eigenvalue weighted by atomic mass is 16.2. The highest BCUT2D eigenvalue weighted by molar-refractivity contribution is 6.48. The van der Waals surface area contributed by atoms with E-state index in [1.165, 1.54) is 18.6 Å². The first-order valence-electron chi connectivity index (χ1n) is 8.68. The van der Waals surface area contributed by atoms with Crippen molar-refractivity contribution in [1.82, 2.24) is 0 Å². The summed E-state index contributed by atoms with van der Waals surface area (Å²) in [5, 5.41) is 9.76. The molecule has 0 saturated heterocycles. The Kier molecular flexibility index (Phi) is 4.68. The van der Waals surface area contributed by atoms with Crippen LogP contribution in [0.1, 0.15) is 0 Å². The molecule has 1 nitrogen and oxygen atoms in total. The highest BCUT2D eigenvalue weighted by Gasteiger charge is 2.08. The maximum atomic E-state index is 9.76. The highest BCUT2D eigenvalue weighted by Crippen LogP contribution is 2.26. The predicted octanol–water partition coefficient (Wildman–Crippen LogP) is 4.92. The Morgan fingerprint density at radius 2 is 0.923 bits per heavy atom. The Bertz CT molecular complexity index is 993. The molecule has 26 heavy (non-hydrogen) atoms. The molecule has 0 heterocycles. The molecule has 123 valence electrons. The molecular weight excluding hydrogens is 315 g/mol.